The second-order valence-corrected chi connectivity index (χ2v) is 9.36. The van der Waals surface area contributed by atoms with Crippen LogP contribution in [0.5, 0.6) is 11.5 Å². The Labute approximate surface area is 204 Å². The first-order valence-electron chi connectivity index (χ1n) is 12.3. The van der Waals surface area contributed by atoms with Crippen LogP contribution in [0.4, 0.5) is 4.39 Å². The van der Waals surface area contributed by atoms with Crippen LogP contribution in [-0.2, 0) is 18.0 Å². The molecule has 0 bridgehead atoms. The Kier molecular flexibility index (Phi) is 5.88. The normalized spacial score (nSPS) is 15.6. The second kappa shape index (κ2) is 9.33. The summed E-state index contributed by atoms with van der Waals surface area (Å²) >= 11 is 0. The van der Waals surface area contributed by atoms with Crippen LogP contribution in [0.2, 0.25) is 0 Å². The first-order valence-corrected chi connectivity index (χ1v) is 12.3. The number of benzene rings is 4. The Balaban J connectivity index is 1.33. The van der Waals surface area contributed by atoms with Gasteiger partial charge in [0.1, 0.15) is 23.9 Å². The van der Waals surface area contributed by atoms with Crippen molar-refractivity contribution in [3.05, 3.63) is 83.7 Å². The lowest BCUT2D eigenvalue weighted by atomic mass is 9.88. The average molecular weight is 470 g/mol. The van der Waals surface area contributed by atoms with Crippen molar-refractivity contribution in [3.8, 4) is 33.8 Å². The highest BCUT2D eigenvalue weighted by molar-refractivity contribution is 5.94. The van der Waals surface area contributed by atoms with E-state index in [9.17, 15) is 5.11 Å². The van der Waals surface area contributed by atoms with E-state index in [1.807, 2.05) is 48.5 Å². The summed E-state index contributed by atoms with van der Waals surface area (Å²) in [5.74, 6) is 0.774. The molecule has 178 valence electrons. The smallest absolute Gasteiger partial charge is 0.131 e. The standard InChI is InChI=1S/C30H28FNO3/c31-29-12-11-26-25-9-5-21-17-22(33)6-10-24(21)27(25)18-34-19-28(26)30(29)20-3-7-23(8-4-20)35-16-15-32-13-1-2-14-32/h3-12,17,33H,1-2,13-16,18-19H2. The Hall–Kier alpha value is -3.41. The van der Waals surface area contributed by atoms with Crippen molar-refractivity contribution in [2.24, 2.45) is 0 Å². The minimum atomic E-state index is -0.260. The molecule has 4 aromatic rings. The molecule has 1 fully saturated rings. The number of nitrogens with zero attached hydrogens (tertiary/aromatic N) is 1. The van der Waals surface area contributed by atoms with Crippen LogP contribution in [0.25, 0.3) is 33.0 Å². The number of phenolic OH excluding ortho intramolecular Hbond substituents is 1. The number of hydrogen-bond acceptors (Lipinski definition) is 4. The highest BCUT2D eigenvalue weighted by atomic mass is 19.1. The van der Waals surface area contributed by atoms with Crippen molar-refractivity contribution in [3.63, 3.8) is 0 Å². The molecule has 0 atom stereocenters. The van der Waals surface area contributed by atoms with Crippen LogP contribution in [0, 0.1) is 5.82 Å². The van der Waals surface area contributed by atoms with Gasteiger partial charge in [-0.2, -0.15) is 0 Å². The SMILES string of the molecule is Oc1ccc2c3c(ccc2c1)-c1ccc(F)c(-c2ccc(OCCN4CCCC4)cc2)c1COC3. The maximum Gasteiger partial charge on any atom is 0.131 e. The molecule has 35 heavy (non-hydrogen) atoms. The molecular weight excluding hydrogens is 441 g/mol. The monoisotopic (exact) mass is 469 g/mol. The van der Waals surface area contributed by atoms with Gasteiger partial charge in [0, 0.05) is 12.1 Å². The number of fused-ring (bicyclic) bond motifs is 5. The second-order valence-electron chi connectivity index (χ2n) is 9.36. The van der Waals surface area contributed by atoms with Crippen molar-refractivity contribution in [1.29, 1.82) is 0 Å². The minimum Gasteiger partial charge on any atom is -0.508 e. The minimum absolute atomic E-state index is 0.236. The van der Waals surface area contributed by atoms with E-state index in [0.29, 0.717) is 25.4 Å². The van der Waals surface area contributed by atoms with E-state index in [2.05, 4.69) is 4.90 Å². The molecule has 2 aliphatic rings. The molecule has 0 saturated carbocycles. The predicted octanol–water partition coefficient (Wildman–Crippen LogP) is 6.52. The molecule has 0 spiro atoms. The molecular formula is C30H28FNO3. The zero-order valence-electron chi connectivity index (χ0n) is 19.6. The molecule has 1 saturated heterocycles. The number of aromatic hydroxyl groups is 1. The van der Waals surface area contributed by atoms with Crippen molar-refractivity contribution in [2.75, 3.05) is 26.2 Å². The van der Waals surface area contributed by atoms with Crippen LogP contribution in [0.1, 0.15) is 24.0 Å². The number of phenols is 1. The van der Waals surface area contributed by atoms with E-state index < -0.39 is 0 Å². The quantitative estimate of drug-likeness (QED) is 0.361. The van der Waals surface area contributed by atoms with Gasteiger partial charge in [0.15, 0.2) is 0 Å². The van der Waals surface area contributed by atoms with E-state index in [0.717, 1.165) is 64.0 Å². The van der Waals surface area contributed by atoms with Gasteiger partial charge in [-0.25, -0.2) is 4.39 Å². The third kappa shape index (κ3) is 4.26. The summed E-state index contributed by atoms with van der Waals surface area (Å²) in [4.78, 5) is 2.42. The summed E-state index contributed by atoms with van der Waals surface area (Å²) in [5, 5.41) is 11.9. The van der Waals surface area contributed by atoms with Crippen LogP contribution in [0.15, 0.2) is 66.7 Å². The number of ether oxygens (including phenoxy) is 2. The highest BCUT2D eigenvalue weighted by Gasteiger charge is 2.22. The van der Waals surface area contributed by atoms with E-state index in [1.54, 1.807) is 18.2 Å². The largest absolute Gasteiger partial charge is 0.508 e. The van der Waals surface area contributed by atoms with Crippen LogP contribution < -0.4 is 4.74 Å². The third-order valence-corrected chi connectivity index (χ3v) is 7.18. The van der Waals surface area contributed by atoms with Gasteiger partial charge in [-0.15, -0.1) is 0 Å². The molecule has 0 aliphatic carbocycles. The Morgan fingerprint density at radius 2 is 1.60 bits per heavy atom. The molecule has 0 unspecified atom stereocenters. The van der Waals surface area contributed by atoms with Gasteiger partial charge in [0.05, 0.1) is 13.2 Å². The van der Waals surface area contributed by atoms with Gasteiger partial charge in [-0.1, -0.05) is 36.4 Å². The predicted molar refractivity (Wildman–Crippen MR) is 136 cm³/mol. The summed E-state index contributed by atoms with van der Waals surface area (Å²) in [6, 6.07) is 20.5. The topological polar surface area (TPSA) is 41.9 Å². The first-order chi connectivity index (χ1) is 17.2. The van der Waals surface area contributed by atoms with Gasteiger partial charge >= 0.3 is 0 Å². The molecule has 0 radical (unpaired) electrons. The maximum atomic E-state index is 15.2. The van der Waals surface area contributed by atoms with Crippen molar-refractivity contribution in [2.45, 2.75) is 26.1 Å². The summed E-state index contributed by atoms with van der Waals surface area (Å²) in [5.41, 5.74) is 5.31. The number of halogens is 1. The molecule has 5 heteroatoms. The molecule has 0 aromatic heterocycles. The summed E-state index contributed by atoms with van der Waals surface area (Å²) < 4.78 is 27.2. The molecule has 4 nitrogen and oxygen atoms in total. The highest BCUT2D eigenvalue weighted by Crippen LogP contribution is 2.41. The fraction of sp³-hybridized carbons (Fsp3) is 0.267. The maximum absolute atomic E-state index is 15.2. The molecule has 2 aliphatic heterocycles. The number of rotatable bonds is 5. The van der Waals surface area contributed by atoms with E-state index >= 15 is 4.39 Å². The molecule has 1 N–H and O–H groups in total. The first kappa shape index (κ1) is 22.1. The fourth-order valence-electron chi connectivity index (χ4n) is 5.39. The lowest BCUT2D eigenvalue weighted by Crippen LogP contribution is -2.25. The van der Waals surface area contributed by atoms with Crippen molar-refractivity contribution < 1.29 is 19.0 Å². The van der Waals surface area contributed by atoms with E-state index in [1.165, 1.54) is 12.8 Å². The number of hydrogen-bond donors (Lipinski definition) is 1. The molecule has 6 rings (SSSR count). The lowest BCUT2D eigenvalue weighted by molar-refractivity contribution is 0.110. The van der Waals surface area contributed by atoms with Crippen LogP contribution in [0.3, 0.4) is 0 Å². The third-order valence-electron chi connectivity index (χ3n) is 7.18. The van der Waals surface area contributed by atoms with Crippen LogP contribution in [-0.4, -0.2) is 36.2 Å². The Morgan fingerprint density at radius 3 is 2.43 bits per heavy atom. The molecule has 4 aromatic carbocycles. The Bertz CT molecular complexity index is 1380. The van der Waals surface area contributed by atoms with Crippen molar-refractivity contribution >= 4 is 10.8 Å². The molecule has 0 amide bonds. The summed E-state index contributed by atoms with van der Waals surface area (Å²) in [6.07, 6.45) is 2.55. The van der Waals surface area contributed by atoms with Crippen molar-refractivity contribution in [1.82, 2.24) is 4.90 Å². The zero-order chi connectivity index (χ0) is 23.8. The fourth-order valence-corrected chi connectivity index (χ4v) is 5.39. The average Bonchev–Trinajstić information content (AvgIpc) is 3.31. The van der Waals surface area contributed by atoms with Gasteiger partial charge in [-0.3, -0.25) is 4.90 Å². The molecule has 2 heterocycles. The van der Waals surface area contributed by atoms with E-state index in [4.69, 9.17) is 9.47 Å². The Morgan fingerprint density at radius 1 is 0.857 bits per heavy atom. The van der Waals surface area contributed by atoms with Crippen LogP contribution >= 0.6 is 0 Å². The van der Waals surface area contributed by atoms with Gasteiger partial charge < -0.3 is 14.6 Å². The zero-order valence-corrected chi connectivity index (χ0v) is 19.6. The summed E-state index contributed by atoms with van der Waals surface area (Å²) in [6.45, 7) is 4.66. The van der Waals surface area contributed by atoms with Gasteiger partial charge in [0.25, 0.3) is 0 Å². The summed E-state index contributed by atoms with van der Waals surface area (Å²) in [7, 11) is 0. The van der Waals surface area contributed by atoms with E-state index in [-0.39, 0.29) is 11.6 Å². The van der Waals surface area contributed by atoms with Gasteiger partial charge in [0.2, 0.25) is 0 Å². The van der Waals surface area contributed by atoms with Gasteiger partial charge in [-0.05, 0) is 94.9 Å². The number of likely N-dealkylation sites (tertiary alicyclic amines) is 1. The lowest BCUT2D eigenvalue weighted by Gasteiger charge is -2.17.